The summed E-state index contributed by atoms with van der Waals surface area (Å²) in [5, 5.41) is 3.32. The molecule has 0 saturated carbocycles. The highest BCUT2D eigenvalue weighted by molar-refractivity contribution is 4.89. The van der Waals surface area contributed by atoms with Crippen molar-refractivity contribution in [3.05, 3.63) is 0 Å². The molecule has 2 aliphatic rings. The van der Waals surface area contributed by atoms with Gasteiger partial charge in [-0.3, -0.25) is 4.90 Å². The Morgan fingerprint density at radius 1 is 1.33 bits per heavy atom. The van der Waals surface area contributed by atoms with Crippen LogP contribution in [0.5, 0.6) is 0 Å². The number of rotatable bonds is 3. The normalized spacial score (nSPS) is 38.4. The average molecular weight is 212 g/mol. The molecule has 3 nitrogen and oxygen atoms in total. The van der Waals surface area contributed by atoms with Crippen molar-refractivity contribution in [2.24, 2.45) is 0 Å². The minimum Gasteiger partial charge on any atom is -0.377 e. The van der Waals surface area contributed by atoms with Crippen LogP contribution >= 0.6 is 0 Å². The maximum Gasteiger partial charge on any atom is 0.0703 e. The number of ether oxygens (including phenoxy) is 1. The standard InChI is InChI=1S/C12H24N2O/c1-10-12(6-8-15-10)14-7-4-3-5-11(14)9-13-2/h10-13H,3-9H2,1-2H3. The summed E-state index contributed by atoms with van der Waals surface area (Å²) >= 11 is 0. The number of nitrogens with zero attached hydrogens (tertiary/aromatic N) is 1. The van der Waals surface area contributed by atoms with Crippen molar-refractivity contribution in [3.63, 3.8) is 0 Å². The molecular formula is C12H24N2O. The first kappa shape index (κ1) is 11.4. The molecule has 3 atom stereocenters. The van der Waals surface area contributed by atoms with Crippen LogP contribution in [0.15, 0.2) is 0 Å². The lowest BCUT2D eigenvalue weighted by molar-refractivity contribution is 0.0378. The zero-order chi connectivity index (χ0) is 10.7. The van der Waals surface area contributed by atoms with Gasteiger partial charge in [-0.05, 0) is 39.8 Å². The van der Waals surface area contributed by atoms with Crippen LogP contribution in [0.4, 0.5) is 0 Å². The first-order chi connectivity index (χ1) is 7.33. The molecule has 1 N–H and O–H groups in total. The largest absolute Gasteiger partial charge is 0.377 e. The van der Waals surface area contributed by atoms with Gasteiger partial charge in [-0.15, -0.1) is 0 Å². The molecule has 3 heteroatoms. The van der Waals surface area contributed by atoms with Gasteiger partial charge in [0.25, 0.3) is 0 Å². The summed E-state index contributed by atoms with van der Waals surface area (Å²) in [6.07, 6.45) is 5.77. The van der Waals surface area contributed by atoms with Crippen molar-refractivity contribution >= 4 is 0 Å². The second-order valence-electron chi connectivity index (χ2n) is 4.88. The Bertz CT molecular complexity index is 196. The van der Waals surface area contributed by atoms with Gasteiger partial charge in [0, 0.05) is 25.2 Å². The van der Waals surface area contributed by atoms with E-state index in [1.807, 2.05) is 0 Å². The molecule has 0 aromatic heterocycles. The summed E-state index contributed by atoms with van der Waals surface area (Å²) in [6, 6.07) is 1.40. The molecule has 2 rings (SSSR count). The van der Waals surface area contributed by atoms with Crippen LogP contribution in [0, 0.1) is 0 Å². The highest BCUT2D eigenvalue weighted by Crippen LogP contribution is 2.26. The predicted molar refractivity (Wildman–Crippen MR) is 62.1 cm³/mol. The molecule has 3 unspecified atom stereocenters. The Labute approximate surface area is 93.2 Å². The minimum absolute atomic E-state index is 0.433. The van der Waals surface area contributed by atoms with Crippen LogP contribution in [0.3, 0.4) is 0 Å². The van der Waals surface area contributed by atoms with Crippen LogP contribution in [-0.4, -0.2) is 49.8 Å². The van der Waals surface area contributed by atoms with Gasteiger partial charge in [-0.1, -0.05) is 6.42 Å². The fourth-order valence-corrected chi connectivity index (χ4v) is 3.07. The highest BCUT2D eigenvalue weighted by Gasteiger charge is 2.34. The number of likely N-dealkylation sites (N-methyl/N-ethyl adjacent to an activating group) is 1. The summed E-state index contributed by atoms with van der Waals surface area (Å²) in [5.41, 5.74) is 0. The molecule has 2 heterocycles. The Balaban J connectivity index is 1.97. The molecule has 0 aliphatic carbocycles. The third-order valence-electron chi connectivity index (χ3n) is 3.87. The van der Waals surface area contributed by atoms with Crippen LogP contribution in [0.1, 0.15) is 32.6 Å². The quantitative estimate of drug-likeness (QED) is 0.762. The highest BCUT2D eigenvalue weighted by atomic mass is 16.5. The summed E-state index contributed by atoms with van der Waals surface area (Å²) in [5.74, 6) is 0. The predicted octanol–water partition coefficient (Wildman–Crippen LogP) is 1.24. The molecule has 2 aliphatic heterocycles. The Morgan fingerprint density at radius 2 is 2.20 bits per heavy atom. The molecule has 2 saturated heterocycles. The first-order valence-corrected chi connectivity index (χ1v) is 6.35. The van der Waals surface area contributed by atoms with E-state index in [4.69, 9.17) is 4.74 Å². The van der Waals surface area contributed by atoms with Crippen LogP contribution in [0.2, 0.25) is 0 Å². The first-order valence-electron chi connectivity index (χ1n) is 6.35. The smallest absolute Gasteiger partial charge is 0.0703 e. The number of nitrogens with one attached hydrogen (secondary N) is 1. The zero-order valence-corrected chi connectivity index (χ0v) is 10.0. The molecule has 0 radical (unpaired) electrons. The second kappa shape index (κ2) is 5.28. The molecule has 0 aromatic rings. The van der Waals surface area contributed by atoms with Crippen molar-refractivity contribution < 1.29 is 4.74 Å². The van der Waals surface area contributed by atoms with E-state index in [1.165, 1.54) is 32.2 Å². The topological polar surface area (TPSA) is 24.5 Å². The lowest BCUT2D eigenvalue weighted by Gasteiger charge is -2.40. The Kier molecular flexibility index (Phi) is 4.00. The number of hydrogen-bond donors (Lipinski definition) is 1. The van der Waals surface area contributed by atoms with Crippen molar-refractivity contribution in [2.45, 2.75) is 50.8 Å². The van der Waals surface area contributed by atoms with Gasteiger partial charge in [-0.25, -0.2) is 0 Å². The Morgan fingerprint density at radius 3 is 2.87 bits per heavy atom. The van der Waals surface area contributed by atoms with Crippen molar-refractivity contribution in [1.29, 1.82) is 0 Å². The van der Waals surface area contributed by atoms with Crippen molar-refractivity contribution in [3.8, 4) is 0 Å². The maximum atomic E-state index is 5.68. The third kappa shape index (κ3) is 2.52. The van der Waals surface area contributed by atoms with Crippen molar-refractivity contribution in [2.75, 3.05) is 26.7 Å². The fraction of sp³-hybridized carbons (Fsp3) is 1.00. The van der Waals surface area contributed by atoms with E-state index >= 15 is 0 Å². The summed E-state index contributed by atoms with van der Waals surface area (Å²) < 4.78 is 5.68. The van der Waals surface area contributed by atoms with Crippen molar-refractivity contribution in [1.82, 2.24) is 10.2 Å². The van der Waals surface area contributed by atoms with Gasteiger partial charge in [0.2, 0.25) is 0 Å². The summed E-state index contributed by atoms with van der Waals surface area (Å²) in [6.45, 7) is 5.57. The van der Waals surface area contributed by atoms with Crippen LogP contribution in [0.25, 0.3) is 0 Å². The second-order valence-corrected chi connectivity index (χ2v) is 4.88. The van der Waals surface area contributed by atoms with Crippen LogP contribution in [-0.2, 0) is 4.74 Å². The van der Waals surface area contributed by atoms with Gasteiger partial charge in [0.05, 0.1) is 6.10 Å². The summed E-state index contributed by atoms with van der Waals surface area (Å²) in [4.78, 5) is 2.69. The number of piperidine rings is 1. The average Bonchev–Trinajstić information content (AvgIpc) is 2.66. The SMILES string of the molecule is CNCC1CCCCN1C1CCOC1C. The van der Waals surface area contributed by atoms with E-state index in [9.17, 15) is 0 Å². The summed E-state index contributed by atoms with van der Waals surface area (Å²) in [7, 11) is 2.06. The van der Waals surface area contributed by atoms with Gasteiger partial charge in [0.15, 0.2) is 0 Å². The third-order valence-corrected chi connectivity index (χ3v) is 3.87. The van der Waals surface area contributed by atoms with E-state index in [0.29, 0.717) is 12.1 Å². The fourth-order valence-electron chi connectivity index (χ4n) is 3.07. The molecular weight excluding hydrogens is 188 g/mol. The monoisotopic (exact) mass is 212 g/mol. The van der Waals surface area contributed by atoms with Crippen LogP contribution < -0.4 is 5.32 Å². The molecule has 0 spiro atoms. The van der Waals surface area contributed by atoms with E-state index in [2.05, 4.69) is 24.2 Å². The lowest BCUT2D eigenvalue weighted by Crippen LogP contribution is -2.52. The zero-order valence-electron chi connectivity index (χ0n) is 10.0. The number of hydrogen-bond acceptors (Lipinski definition) is 3. The molecule has 2 fully saturated rings. The molecule has 0 amide bonds. The van der Waals surface area contributed by atoms with Gasteiger partial charge in [-0.2, -0.15) is 0 Å². The van der Waals surface area contributed by atoms with E-state index < -0.39 is 0 Å². The molecule has 15 heavy (non-hydrogen) atoms. The van der Waals surface area contributed by atoms with Gasteiger partial charge < -0.3 is 10.1 Å². The molecule has 0 bridgehead atoms. The van der Waals surface area contributed by atoms with E-state index in [-0.39, 0.29) is 0 Å². The Hall–Kier alpha value is -0.120. The van der Waals surface area contributed by atoms with E-state index in [0.717, 1.165) is 19.2 Å². The maximum absolute atomic E-state index is 5.68. The van der Waals surface area contributed by atoms with Gasteiger partial charge in [0.1, 0.15) is 0 Å². The molecule has 0 aromatic carbocycles. The molecule has 88 valence electrons. The van der Waals surface area contributed by atoms with Gasteiger partial charge >= 0.3 is 0 Å². The van der Waals surface area contributed by atoms with E-state index in [1.54, 1.807) is 0 Å². The number of likely N-dealkylation sites (tertiary alicyclic amines) is 1. The minimum atomic E-state index is 0.433. The lowest BCUT2D eigenvalue weighted by atomic mass is 9.97.